The lowest BCUT2D eigenvalue weighted by Crippen LogP contribution is -2.07. The Morgan fingerprint density at radius 1 is 1.32 bits per heavy atom. The first-order chi connectivity index (χ1) is 10.8. The minimum absolute atomic E-state index is 0.674. The molecular formula is C14H17BrN6O. The molecule has 0 aliphatic rings. The van der Waals surface area contributed by atoms with E-state index in [0.29, 0.717) is 6.54 Å². The van der Waals surface area contributed by atoms with Crippen LogP contribution in [-0.4, -0.2) is 38.8 Å². The molecule has 0 radical (unpaired) electrons. The van der Waals surface area contributed by atoms with Crippen LogP contribution < -0.4 is 10.6 Å². The van der Waals surface area contributed by atoms with E-state index in [0.717, 1.165) is 34.4 Å². The molecule has 7 nitrogen and oxygen atoms in total. The van der Waals surface area contributed by atoms with Crippen molar-refractivity contribution in [3.63, 3.8) is 0 Å². The number of hydrogen-bond acceptors (Lipinski definition) is 6. The summed E-state index contributed by atoms with van der Waals surface area (Å²) in [5.74, 6) is 1.65. The minimum Gasteiger partial charge on any atom is -0.400 e. The van der Waals surface area contributed by atoms with E-state index in [2.05, 4.69) is 41.6 Å². The molecule has 0 aliphatic carbocycles. The summed E-state index contributed by atoms with van der Waals surface area (Å²) in [6.07, 6.45) is 5.33. The molecule has 3 rings (SSSR count). The number of rotatable bonds is 4. The predicted octanol–water partition coefficient (Wildman–Crippen LogP) is 2.15. The molecule has 0 bridgehead atoms. The Kier molecular flexibility index (Phi) is 5.68. The van der Waals surface area contributed by atoms with E-state index in [-0.39, 0.29) is 0 Å². The number of halogens is 1. The highest BCUT2D eigenvalue weighted by Crippen LogP contribution is 2.22. The van der Waals surface area contributed by atoms with Gasteiger partial charge in [0.2, 0.25) is 0 Å². The molecule has 0 aliphatic heterocycles. The maximum atomic E-state index is 7.00. The summed E-state index contributed by atoms with van der Waals surface area (Å²) >= 11 is 3.45. The van der Waals surface area contributed by atoms with Crippen LogP contribution in [-0.2, 0) is 6.54 Å². The highest BCUT2D eigenvalue weighted by molar-refractivity contribution is 9.10. The summed E-state index contributed by atoms with van der Waals surface area (Å²) in [6, 6.07) is 5.86. The minimum atomic E-state index is 0.674. The van der Waals surface area contributed by atoms with E-state index in [4.69, 9.17) is 5.11 Å². The second-order valence-corrected chi connectivity index (χ2v) is 5.07. The first-order valence-electron chi connectivity index (χ1n) is 6.57. The van der Waals surface area contributed by atoms with E-state index in [9.17, 15) is 0 Å². The summed E-state index contributed by atoms with van der Waals surface area (Å²) in [4.78, 5) is 8.56. The summed E-state index contributed by atoms with van der Waals surface area (Å²) in [6.45, 7) is 0.674. The Morgan fingerprint density at radius 3 is 2.82 bits per heavy atom. The summed E-state index contributed by atoms with van der Waals surface area (Å²) in [5.41, 5.74) is 1.88. The van der Waals surface area contributed by atoms with Crippen LogP contribution in [0.1, 0.15) is 5.56 Å². The normalized spacial score (nSPS) is 10.0. The quantitative estimate of drug-likeness (QED) is 0.657. The van der Waals surface area contributed by atoms with Crippen molar-refractivity contribution in [2.24, 2.45) is 0 Å². The molecule has 0 spiro atoms. The molecule has 0 amide bonds. The Labute approximate surface area is 136 Å². The topological polar surface area (TPSA) is 87.4 Å². The van der Waals surface area contributed by atoms with Gasteiger partial charge < -0.3 is 15.7 Å². The number of nitrogens with zero attached hydrogens (tertiary/aromatic N) is 4. The molecule has 3 heterocycles. The van der Waals surface area contributed by atoms with E-state index in [1.165, 1.54) is 0 Å². The molecule has 3 N–H and O–H groups in total. The standard InChI is InChI=1S/C13H13BrN6.CH4O/c1-15-11-5-12(17-7-9-3-2-4-16-6-9)20-13(19-11)10(14)8-18-20;1-2/h2-6,8,17H,7H2,1H3,(H,15,19);2H,1H3. The van der Waals surface area contributed by atoms with Gasteiger partial charge in [0, 0.05) is 39.2 Å². The van der Waals surface area contributed by atoms with Gasteiger partial charge in [-0.15, -0.1) is 0 Å². The SMILES string of the molecule is CNc1cc(NCc2cccnc2)n2ncc(Br)c2n1.CO. The van der Waals surface area contributed by atoms with E-state index >= 15 is 0 Å². The number of pyridine rings is 1. The molecule has 3 aromatic rings. The van der Waals surface area contributed by atoms with Crippen LogP contribution in [0.3, 0.4) is 0 Å². The van der Waals surface area contributed by atoms with Gasteiger partial charge in [0.25, 0.3) is 0 Å². The third kappa shape index (κ3) is 3.52. The Morgan fingerprint density at radius 2 is 2.14 bits per heavy atom. The van der Waals surface area contributed by atoms with Crippen molar-refractivity contribution in [1.29, 1.82) is 0 Å². The van der Waals surface area contributed by atoms with Gasteiger partial charge in [-0.3, -0.25) is 4.98 Å². The zero-order valence-electron chi connectivity index (χ0n) is 12.3. The van der Waals surface area contributed by atoms with E-state index in [1.54, 1.807) is 16.9 Å². The molecule has 116 valence electrons. The molecule has 8 heteroatoms. The van der Waals surface area contributed by atoms with Gasteiger partial charge in [-0.2, -0.15) is 9.61 Å². The van der Waals surface area contributed by atoms with E-state index in [1.807, 2.05) is 31.4 Å². The Hall–Kier alpha value is -2.19. The monoisotopic (exact) mass is 364 g/mol. The fraction of sp³-hybridized carbons (Fsp3) is 0.214. The summed E-state index contributed by atoms with van der Waals surface area (Å²) < 4.78 is 2.63. The van der Waals surface area contributed by atoms with Gasteiger partial charge in [0.1, 0.15) is 11.6 Å². The van der Waals surface area contributed by atoms with Crippen molar-refractivity contribution in [2.75, 3.05) is 24.8 Å². The van der Waals surface area contributed by atoms with Crippen LogP contribution in [0.2, 0.25) is 0 Å². The lowest BCUT2D eigenvalue weighted by Gasteiger charge is -2.10. The second kappa shape index (κ2) is 7.71. The largest absolute Gasteiger partial charge is 0.400 e. The molecule has 0 fully saturated rings. The fourth-order valence-corrected chi connectivity index (χ4v) is 2.23. The molecule has 0 atom stereocenters. The van der Waals surface area contributed by atoms with Gasteiger partial charge in [0.15, 0.2) is 5.65 Å². The van der Waals surface area contributed by atoms with Crippen LogP contribution in [0.4, 0.5) is 11.6 Å². The maximum Gasteiger partial charge on any atom is 0.173 e. The van der Waals surface area contributed by atoms with Crippen molar-refractivity contribution in [2.45, 2.75) is 6.54 Å². The summed E-state index contributed by atoms with van der Waals surface area (Å²) in [7, 11) is 2.84. The lowest BCUT2D eigenvalue weighted by molar-refractivity contribution is 0.399. The van der Waals surface area contributed by atoms with Crippen molar-refractivity contribution >= 4 is 33.2 Å². The van der Waals surface area contributed by atoms with Gasteiger partial charge in [-0.05, 0) is 27.6 Å². The van der Waals surface area contributed by atoms with Crippen LogP contribution in [0, 0.1) is 0 Å². The molecular weight excluding hydrogens is 348 g/mol. The first kappa shape index (κ1) is 16.2. The number of nitrogens with one attached hydrogen (secondary N) is 2. The van der Waals surface area contributed by atoms with Crippen LogP contribution >= 0.6 is 15.9 Å². The fourth-order valence-electron chi connectivity index (χ4n) is 1.89. The van der Waals surface area contributed by atoms with Crippen molar-refractivity contribution in [3.8, 4) is 0 Å². The molecule has 0 aromatic carbocycles. The van der Waals surface area contributed by atoms with Crippen molar-refractivity contribution in [1.82, 2.24) is 19.6 Å². The molecule has 22 heavy (non-hydrogen) atoms. The highest BCUT2D eigenvalue weighted by Gasteiger charge is 2.09. The number of anilines is 2. The van der Waals surface area contributed by atoms with Crippen LogP contribution in [0.25, 0.3) is 5.65 Å². The number of hydrogen-bond donors (Lipinski definition) is 3. The predicted molar refractivity (Wildman–Crippen MR) is 89.9 cm³/mol. The third-order valence-corrected chi connectivity index (χ3v) is 3.44. The van der Waals surface area contributed by atoms with Gasteiger partial charge in [0.05, 0.1) is 10.7 Å². The molecule has 0 saturated heterocycles. The Bertz CT molecular complexity index is 731. The smallest absolute Gasteiger partial charge is 0.173 e. The molecule has 3 aromatic heterocycles. The van der Waals surface area contributed by atoms with Crippen molar-refractivity contribution in [3.05, 3.63) is 46.8 Å². The van der Waals surface area contributed by atoms with E-state index < -0.39 is 0 Å². The van der Waals surface area contributed by atoms with Crippen LogP contribution in [0.15, 0.2) is 41.3 Å². The zero-order chi connectivity index (χ0) is 15.9. The number of aromatic nitrogens is 4. The third-order valence-electron chi connectivity index (χ3n) is 2.88. The molecule has 0 unspecified atom stereocenters. The molecule has 0 saturated carbocycles. The van der Waals surface area contributed by atoms with Gasteiger partial charge in [-0.25, -0.2) is 4.98 Å². The number of aliphatic hydroxyl groups is 1. The van der Waals surface area contributed by atoms with Gasteiger partial charge >= 0.3 is 0 Å². The average Bonchev–Trinajstić information content (AvgIpc) is 2.96. The number of fused-ring (bicyclic) bond motifs is 1. The highest BCUT2D eigenvalue weighted by atomic mass is 79.9. The summed E-state index contributed by atoms with van der Waals surface area (Å²) in [5, 5.41) is 17.7. The average molecular weight is 365 g/mol. The first-order valence-corrected chi connectivity index (χ1v) is 7.37. The Balaban J connectivity index is 0.000000847. The van der Waals surface area contributed by atoms with Gasteiger partial charge in [-0.1, -0.05) is 6.07 Å². The number of aliphatic hydroxyl groups excluding tert-OH is 1. The van der Waals surface area contributed by atoms with Crippen molar-refractivity contribution < 1.29 is 5.11 Å². The second-order valence-electron chi connectivity index (χ2n) is 4.22. The van der Waals surface area contributed by atoms with Crippen LogP contribution in [0.5, 0.6) is 0 Å². The lowest BCUT2D eigenvalue weighted by atomic mass is 10.3. The zero-order valence-corrected chi connectivity index (χ0v) is 13.9. The maximum absolute atomic E-state index is 7.00.